The molecule has 0 spiro atoms. The summed E-state index contributed by atoms with van der Waals surface area (Å²) in [6, 6.07) is 1.78. The monoisotopic (exact) mass is 228 g/mol. The van der Waals surface area contributed by atoms with E-state index in [0.29, 0.717) is 19.7 Å². The lowest BCUT2D eigenvalue weighted by Crippen LogP contribution is -2.33. The molecule has 0 radical (unpaired) electrons. The molecule has 0 fully saturated rings. The molecule has 0 bridgehead atoms. The molecule has 92 valence electrons. The number of rotatable bonds is 6. The van der Waals surface area contributed by atoms with E-state index >= 15 is 0 Å². The normalized spacial score (nSPS) is 14.0. The zero-order valence-electron chi connectivity index (χ0n) is 10.1. The van der Waals surface area contributed by atoms with Gasteiger partial charge in [0.15, 0.2) is 0 Å². The maximum absolute atomic E-state index is 9.61. The number of hydrogen-bond acceptors (Lipinski definition) is 5. The van der Waals surface area contributed by atoms with Crippen molar-refractivity contribution in [3.63, 3.8) is 0 Å². The van der Waals surface area contributed by atoms with Crippen molar-refractivity contribution < 1.29 is 14.4 Å². The Morgan fingerprint density at radius 2 is 2.31 bits per heavy atom. The number of hydrogen-bond donors (Lipinski definition) is 2. The highest BCUT2D eigenvalue weighted by Gasteiger charge is 2.13. The van der Waals surface area contributed by atoms with Crippen LogP contribution in [-0.4, -0.2) is 35.1 Å². The first kappa shape index (κ1) is 13.2. The Morgan fingerprint density at radius 1 is 1.56 bits per heavy atom. The van der Waals surface area contributed by atoms with Crippen molar-refractivity contribution in [3.05, 3.63) is 18.0 Å². The average Bonchev–Trinajstić information content (AvgIpc) is 2.66. The van der Waals surface area contributed by atoms with Gasteiger partial charge in [0.25, 0.3) is 0 Å². The summed E-state index contributed by atoms with van der Waals surface area (Å²) in [5.74, 6) is 0.754. The van der Waals surface area contributed by atoms with Crippen LogP contribution in [0.5, 0.6) is 0 Å². The van der Waals surface area contributed by atoms with Crippen molar-refractivity contribution in [2.75, 3.05) is 13.2 Å². The predicted octanol–water partition coefficient (Wildman–Crippen LogP) is 0.940. The van der Waals surface area contributed by atoms with Crippen LogP contribution in [-0.2, 0) is 11.3 Å². The number of aromatic nitrogens is 1. The lowest BCUT2D eigenvalue weighted by molar-refractivity contribution is -0.0480. The van der Waals surface area contributed by atoms with Crippen LogP contribution in [0.15, 0.2) is 16.8 Å². The minimum atomic E-state index is -0.512. The fraction of sp³-hybridized carbons (Fsp3) is 0.727. The SMILES string of the molecule is CC(C)(C)OCC(O)CNCc1ccno1. The first-order chi connectivity index (χ1) is 7.47. The molecule has 1 rings (SSSR count). The Bertz CT molecular complexity index is 280. The summed E-state index contributed by atoms with van der Waals surface area (Å²) in [5, 5.41) is 16.3. The van der Waals surface area contributed by atoms with E-state index in [1.165, 1.54) is 0 Å². The van der Waals surface area contributed by atoms with E-state index in [1.54, 1.807) is 12.3 Å². The second-order valence-corrected chi connectivity index (χ2v) is 4.69. The third kappa shape index (κ3) is 5.85. The van der Waals surface area contributed by atoms with Gasteiger partial charge >= 0.3 is 0 Å². The minimum Gasteiger partial charge on any atom is -0.389 e. The Kier molecular flexibility index (Phi) is 4.92. The minimum absolute atomic E-state index is 0.216. The van der Waals surface area contributed by atoms with Crippen LogP contribution in [0.25, 0.3) is 0 Å². The number of aliphatic hydroxyl groups excluding tert-OH is 1. The topological polar surface area (TPSA) is 67.5 Å². The Labute approximate surface area is 95.8 Å². The van der Waals surface area contributed by atoms with Crippen molar-refractivity contribution in [1.82, 2.24) is 10.5 Å². The molecule has 0 aromatic carbocycles. The Balaban J connectivity index is 2.09. The lowest BCUT2D eigenvalue weighted by Gasteiger charge is -2.22. The molecule has 1 atom stereocenters. The zero-order valence-corrected chi connectivity index (χ0v) is 10.1. The first-order valence-electron chi connectivity index (χ1n) is 5.40. The van der Waals surface area contributed by atoms with Gasteiger partial charge < -0.3 is 19.7 Å². The van der Waals surface area contributed by atoms with E-state index in [2.05, 4.69) is 10.5 Å². The standard InChI is InChI=1S/C11H20N2O3/c1-11(2,3)15-8-9(14)6-12-7-10-4-5-13-16-10/h4-5,9,12,14H,6-8H2,1-3H3. The van der Waals surface area contributed by atoms with E-state index in [1.807, 2.05) is 20.8 Å². The van der Waals surface area contributed by atoms with Gasteiger partial charge in [-0.3, -0.25) is 0 Å². The van der Waals surface area contributed by atoms with Gasteiger partial charge in [-0.05, 0) is 20.8 Å². The number of ether oxygens (including phenoxy) is 1. The molecular formula is C11H20N2O3. The van der Waals surface area contributed by atoms with Gasteiger partial charge in [0, 0.05) is 12.6 Å². The van der Waals surface area contributed by atoms with Crippen LogP contribution in [0.4, 0.5) is 0 Å². The van der Waals surface area contributed by atoms with Crippen molar-refractivity contribution in [3.8, 4) is 0 Å². The molecule has 1 unspecified atom stereocenters. The predicted molar refractivity (Wildman–Crippen MR) is 59.9 cm³/mol. The largest absolute Gasteiger partial charge is 0.389 e. The van der Waals surface area contributed by atoms with E-state index in [0.717, 1.165) is 5.76 Å². The van der Waals surface area contributed by atoms with Gasteiger partial charge in [0.1, 0.15) is 5.76 Å². The maximum Gasteiger partial charge on any atom is 0.150 e. The highest BCUT2D eigenvalue weighted by atomic mass is 16.5. The molecule has 0 aliphatic rings. The summed E-state index contributed by atoms with van der Waals surface area (Å²) >= 11 is 0. The van der Waals surface area contributed by atoms with Crippen molar-refractivity contribution in [2.45, 2.75) is 39.0 Å². The summed E-state index contributed by atoms with van der Waals surface area (Å²) < 4.78 is 10.4. The van der Waals surface area contributed by atoms with Gasteiger partial charge in [-0.2, -0.15) is 0 Å². The zero-order chi connectivity index (χ0) is 12.0. The lowest BCUT2D eigenvalue weighted by atomic mass is 10.2. The smallest absolute Gasteiger partial charge is 0.150 e. The molecule has 2 N–H and O–H groups in total. The second-order valence-electron chi connectivity index (χ2n) is 4.69. The van der Waals surface area contributed by atoms with Gasteiger partial charge in [0.05, 0.1) is 31.1 Å². The second kappa shape index (κ2) is 5.98. The van der Waals surface area contributed by atoms with E-state index in [4.69, 9.17) is 9.26 Å². The molecule has 5 heteroatoms. The first-order valence-corrected chi connectivity index (χ1v) is 5.40. The molecular weight excluding hydrogens is 208 g/mol. The maximum atomic E-state index is 9.61. The summed E-state index contributed by atoms with van der Waals surface area (Å²) in [5.41, 5.74) is -0.216. The molecule has 0 saturated heterocycles. The molecule has 0 amide bonds. The summed E-state index contributed by atoms with van der Waals surface area (Å²) in [6.45, 7) is 7.24. The summed E-state index contributed by atoms with van der Waals surface area (Å²) in [4.78, 5) is 0. The fourth-order valence-electron chi connectivity index (χ4n) is 1.10. The third-order valence-corrected chi connectivity index (χ3v) is 1.88. The molecule has 0 aliphatic carbocycles. The number of aliphatic hydroxyl groups is 1. The molecule has 1 heterocycles. The van der Waals surface area contributed by atoms with E-state index in [9.17, 15) is 5.11 Å². The van der Waals surface area contributed by atoms with Crippen LogP contribution in [0.1, 0.15) is 26.5 Å². The summed E-state index contributed by atoms with van der Waals surface area (Å²) in [6.07, 6.45) is 1.08. The molecule has 1 aromatic heterocycles. The summed E-state index contributed by atoms with van der Waals surface area (Å²) in [7, 11) is 0. The van der Waals surface area contributed by atoms with Crippen LogP contribution in [0, 0.1) is 0 Å². The van der Waals surface area contributed by atoms with Crippen molar-refractivity contribution in [1.29, 1.82) is 0 Å². The molecule has 0 saturated carbocycles. The van der Waals surface area contributed by atoms with Crippen molar-refractivity contribution in [2.24, 2.45) is 0 Å². The van der Waals surface area contributed by atoms with Gasteiger partial charge in [-0.1, -0.05) is 5.16 Å². The van der Waals surface area contributed by atoms with Gasteiger partial charge in [-0.25, -0.2) is 0 Å². The van der Waals surface area contributed by atoms with Crippen LogP contribution >= 0.6 is 0 Å². The third-order valence-electron chi connectivity index (χ3n) is 1.88. The number of nitrogens with one attached hydrogen (secondary N) is 1. The van der Waals surface area contributed by atoms with Crippen LogP contribution in [0.2, 0.25) is 0 Å². The fourth-order valence-corrected chi connectivity index (χ4v) is 1.10. The highest BCUT2D eigenvalue weighted by Crippen LogP contribution is 2.06. The quantitative estimate of drug-likeness (QED) is 0.758. The molecule has 5 nitrogen and oxygen atoms in total. The number of nitrogens with zero attached hydrogens (tertiary/aromatic N) is 1. The average molecular weight is 228 g/mol. The van der Waals surface area contributed by atoms with Crippen LogP contribution in [0.3, 0.4) is 0 Å². The molecule has 16 heavy (non-hydrogen) atoms. The molecule has 1 aromatic rings. The van der Waals surface area contributed by atoms with E-state index < -0.39 is 6.10 Å². The molecule has 0 aliphatic heterocycles. The van der Waals surface area contributed by atoms with Crippen LogP contribution < -0.4 is 5.32 Å². The van der Waals surface area contributed by atoms with Gasteiger partial charge in [0.2, 0.25) is 0 Å². The Morgan fingerprint density at radius 3 is 2.88 bits per heavy atom. The highest BCUT2D eigenvalue weighted by molar-refractivity contribution is 4.91. The van der Waals surface area contributed by atoms with E-state index in [-0.39, 0.29) is 5.60 Å². The van der Waals surface area contributed by atoms with Gasteiger partial charge in [-0.15, -0.1) is 0 Å². The van der Waals surface area contributed by atoms with Crippen molar-refractivity contribution >= 4 is 0 Å². The Hall–Kier alpha value is -0.910.